The Morgan fingerprint density at radius 1 is 0.800 bits per heavy atom. The van der Waals surface area contributed by atoms with E-state index in [1.54, 1.807) is 0 Å². The van der Waals surface area contributed by atoms with Crippen LogP contribution in [0.3, 0.4) is 0 Å². The fraction of sp³-hybridized carbons (Fsp3) is 0.500. The van der Waals surface area contributed by atoms with Gasteiger partial charge in [-0.2, -0.15) is 0 Å². The first-order valence-electron chi connectivity index (χ1n) is 3.23. The topological polar surface area (TPSA) is 124 Å². The number of hydrogen-bond donors (Lipinski definition) is 0. The van der Waals surface area contributed by atoms with Gasteiger partial charge in [-0.25, -0.2) is 0 Å². The molecule has 7 nitrogen and oxygen atoms in total. The molecule has 0 spiro atoms. The Bertz CT molecular complexity index is 198. The molecule has 0 amide bonds. The van der Waals surface area contributed by atoms with Crippen molar-refractivity contribution in [1.82, 2.24) is 4.90 Å². The van der Waals surface area contributed by atoms with E-state index < -0.39 is 37.5 Å². The van der Waals surface area contributed by atoms with Gasteiger partial charge in [-0.3, -0.25) is 4.90 Å². The number of rotatable bonds is 6. The minimum Gasteiger partial charge on any atom is -0.549 e. The maximum atomic E-state index is 9.99. The van der Waals surface area contributed by atoms with Gasteiger partial charge < -0.3 is 29.7 Å². The summed E-state index contributed by atoms with van der Waals surface area (Å²) in [5.74, 6) is -4.70. The zero-order valence-corrected chi connectivity index (χ0v) is 13.6. The molecule has 0 unspecified atom stereocenters. The largest absolute Gasteiger partial charge is 2.00 e. The average Bonchev–Trinajstić information content (AvgIpc) is 1.80. The van der Waals surface area contributed by atoms with Crippen LogP contribution in [-0.4, -0.2) is 80.2 Å². The summed E-state index contributed by atoms with van der Waals surface area (Å²) < 4.78 is 0. The normalized spacial score (nSPS) is 8.60. The summed E-state index contributed by atoms with van der Waals surface area (Å²) in [5, 5.41) is 30.0. The van der Waals surface area contributed by atoms with Crippen LogP contribution in [-0.2, 0) is 14.4 Å². The Morgan fingerprint density at radius 3 is 1.13 bits per heavy atom. The minimum absolute atomic E-state index is 0. The Balaban J connectivity index is -0.000000720. The number of carboxylic acids is 3. The van der Waals surface area contributed by atoms with Crippen molar-refractivity contribution in [3.8, 4) is 0 Å². The van der Waals surface area contributed by atoms with Crippen molar-refractivity contribution in [2.75, 3.05) is 19.6 Å². The van der Waals surface area contributed by atoms with Crippen LogP contribution in [0.2, 0.25) is 0 Å². The third-order valence-electron chi connectivity index (χ3n) is 1.06. The van der Waals surface area contributed by atoms with Gasteiger partial charge in [-0.1, -0.05) is 0 Å². The molecule has 0 aromatic rings. The molecule has 0 saturated carbocycles. The first kappa shape index (κ1) is 21.5. The number of carboxylic acid groups (broad SMARTS) is 3. The monoisotopic (exact) mass is 267 g/mol. The van der Waals surface area contributed by atoms with Gasteiger partial charge in [-0.05, 0) is 0 Å². The molecule has 0 aromatic heterocycles. The van der Waals surface area contributed by atoms with Gasteiger partial charge in [0.1, 0.15) is 0 Å². The van der Waals surface area contributed by atoms with E-state index in [1.165, 1.54) is 0 Å². The molecule has 0 aliphatic carbocycles. The van der Waals surface area contributed by atoms with Gasteiger partial charge in [0.05, 0.1) is 17.9 Å². The van der Waals surface area contributed by atoms with Gasteiger partial charge in [0.25, 0.3) is 0 Å². The Morgan fingerprint density at radius 2 is 1.00 bits per heavy atom. The summed E-state index contributed by atoms with van der Waals surface area (Å²) in [6, 6.07) is 0. The predicted octanol–water partition coefficient (Wildman–Crippen LogP) is -8.84. The van der Waals surface area contributed by atoms with E-state index in [9.17, 15) is 29.7 Å². The van der Waals surface area contributed by atoms with Crippen LogP contribution in [0.5, 0.6) is 0 Å². The summed E-state index contributed by atoms with van der Waals surface area (Å²) >= 11 is 0. The third kappa shape index (κ3) is 15.3. The zero-order chi connectivity index (χ0) is 10.4. The van der Waals surface area contributed by atoms with Gasteiger partial charge in [-0.15, -0.1) is 0 Å². The number of aliphatic carboxylic acids is 3. The van der Waals surface area contributed by atoms with E-state index in [4.69, 9.17) is 0 Å². The smallest absolute Gasteiger partial charge is 0.549 e. The molecular weight excluding hydrogens is 261 g/mol. The van der Waals surface area contributed by atoms with Crippen LogP contribution >= 0.6 is 0 Å². The zero-order valence-electron chi connectivity index (χ0n) is 8.23. The van der Waals surface area contributed by atoms with E-state index in [1.807, 2.05) is 0 Å². The van der Waals surface area contributed by atoms with Crippen molar-refractivity contribution in [3.05, 3.63) is 0 Å². The van der Waals surface area contributed by atoms with Crippen LogP contribution < -0.4 is 66.7 Å². The molecule has 0 fully saturated rings. The standard InChI is InChI=1S/C6H9NO6.Ca.K/c8-4(9)1-7(2-5(10)11)3-6(12)13;;/h1-3H2,(H,8,9)(H,10,11)(H,12,13);;/q;+2;+1/p-3. The summed E-state index contributed by atoms with van der Waals surface area (Å²) in [7, 11) is 0. The predicted molar refractivity (Wildman–Crippen MR) is 37.2 cm³/mol. The minimum atomic E-state index is -1.57. The first-order chi connectivity index (χ1) is 5.91. The van der Waals surface area contributed by atoms with E-state index in [0.717, 1.165) is 0 Å². The van der Waals surface area contributed by atoms with Gasteiger partial charge in [0.2, 0.25) is 0 Å². The second-order valence-corrected chi connectivity index (χ2v) is 2.26. The molecule has 0 N–H and O–H groups in total. The molecule has 0 aliphatic heterocycles. The van der Waals surface area contributed by atoms with Crippen molar-refractivity contribution < 1.29 is 81.1 Å². The molecule has 0 aromatic carbocycles. The van der Waals surface area contributed by atoms with Crippen molar-refractivity contribution in [3.63, 3.8) is 0 Å². The Hall–Kier alpha value is 1.27. The van der Waals surface area contributed by atoms with E-state index in [2.05, 4.69) is 0 Å². The molecule has 74 valence electrons. The fourth-order valence-corrected chi connectivity index (χ4v) is 0.715. The molecule has 0 heterocycles. The van der Waals surface area contributed by atoms with Crippen molar-refractivity contribution >= 4 is 55.6 Å². The maximum absolute atomic E-state index is 9.99. The molecule has 0 rings (SSSR count). The Kier molecular flexibility index (Phi) is 16.9. The second-order valence-electron chi connectivity index (χ2n) is 2.26. The first-order valence-corrected chi connectivity index (χ1v) is 3.23. The van der Waals surface area contributed by atoms with Crippen molar-refractivity contribution in [1.29, 1.82) is 0 Å². The molecule has 0 atom stereocenters. The van der Waals surface area contributed by atoms with Gasteiger partial charge in [0, 0.05) is 19.6 Å². The number of carbonyl (C=O) groups excluding carboxylic acids is 3. The van der Waals surface area contributed by atoms with Crippen molar-refractivity contribution in [2.45, 2.75) is 0 Å². The molecule has 0 aliphatic rings. The summed E-state index contributed by atoms with van der Waals surface area (Å²) in [5.41, 5.74) is 0. The third-order valence-corrected chi connectivity index (χ3v) is 1.06. The molecular formula is C6H6CaKNO6. The summed E-state index contributed by atoms with van der Waals surface area (Å²) in [4.78, 5) is 30.6. The van der Waals surface area contributed by atoms with Crippen LogP contribution in [0.4, 0.5) is 0 Å². The number of carbonyl (C=O) groups is 3. The van der Waals surface area contributed by atoms with Crippen LogP contribution in [0, 0.1) is 0 Å². The fourth-order valence-electron chi connectivity index (χ4n) is 0.715. The van der Waals surface area contributed by atoms with E-state index in [-0.39, 0.29) is 89.1 Å². The molecule has 0 radical (unpaired) electrons. The molecule has 15 heavy (non-hydrogen) atoms. The van der Waals surface area contributed by atoms with Crippen molar-refractivity contribution in [2.24, 2.45) is 0 Å². The summed E-state index contributed by atoms with van der Waals surface area (Å²) in [6.07, 6.45) is 0. The van der Waals surface area contributed by atoms with Gasteiger partial charge in [0.15, 0.2) is 0 Å². The van der Waals surface area contributed by atoms with Crippen LogP contribution in [0.15, 0.2) is 0 Å². The maximum Gasteiger partial charge on any atom is 2.00 e. The second kappa shape index (κ2) is 11.7. The van der Waals surface area contributed by atoms with E-state index >= 15 is 0 Å². The quantitative estimate of drug-likeness (QED) is 0.438. The van der Waals surface area contributed by atoms with Gasteiger partial charge >= 0.3 is 89.1 Å². The van der Waals surface area contributed by atoms with Crippen LogP contribution in [0.25, 0.3) is 0 Å². The summed E-state index contributed by atoms with van der Waals surface area (Å²) in [6.45, 7) is -2.37. The Labute approximate surface area is 158 Å². The van der Waals surface area contributed by atoms with Crippen LogP contribution in [0.1, 0.15) is 0 Å². The number of hydrogen-bond acceptors (Lipinski definition) is 7. The van der Waals surface area contributed by atoms with E-state index in [0.29, 0.717) is 4.90 Å². The molecule has 0 bridgehead atoms. The average molecular weight is 267 g/mol. The number of nitrogens with zero attached hydrogens (tertiary/aromatic N) is 1. The SMILES string of the molecule is O=C([O-])CN(CC(=O)[O-])CC(=O)[O-].[Ca+2].[K+]. The molecule has 0 saturated heterocycles. The molecule has 9 heteroatoms.